The molecule has 0 saturated heterocycles. The predicted octanol–water partition coefficient (Wildman–Crippen LogP) is 2.23. The number of nitrogens with one attached hydrogen (secondary N) is 2. The summed E-state index contributed by atoms with van der Waals surface area (Å²) in [6.07, 6.45) is 0. The summed E-state index contributed by atoms with van der Waals surface area (Å²) in [6.45, 7) is 5.21. The molecule has 0 fully saturated rings. The van der Waals surface area contributed by atoms with Crippen molar-refractivity contribution in [3.05, 3.63) is 29.8 Å². The van der Waals surface area contributed by atoms with E-state index in [-0.39, 0.29) is 0 Å². The molecule has 1 rings (SSSR count). The van der Waals surface area contributed by atoms with Crippen LogP contribution in [0.1, 0.15) is 19.4 Å². The van der Waals surface area contributed by atoms with Gasteiger partial charge in [-0.2, -0.15) is 0 Å². The summed E-state index contributed by atoms with van der Waals surface area (Å²) in [6, 6.07) is 8.87. The Balaban J connectivity index is 2.78. The third-order valence-corrected chi connectivity index (χ3v) is 1.83. The second-order valence-corrected chi connectivity index (χ2v) is 3.49. The molecule has 0 heterocycles. The fraction of sp³-hybridized carbons (Fsp3) is 0.455. The van der Waals surface area contributed by atoms with Gasteiger partial charge in [-0.25, -0.2) is 0 Å². The van der Waals surface area contributed by atoms with Gasteiger partial charge in [0.25, 0.3) is 0 Å². The fourth-order valence-electron chi connectivity index (χ4n) is 1.32. The molecule has 2 nitrogen and oxygen atoms in total. The van der Waals surface area contributed by atoms with Crippen molar-refractivity contribution in [3.63, 3.8) is 0 Å². The van der Waals surface area contributed by atoms with Gasteiger partial charge in [0.2, 0.25) is 0 Å². The molecule has 0 aromatic heterocycles. The van der Waals surface area contributed by atoms with E-state index in [1.54, 1.807) is 0 Å². The molecule has 0 atom stereocenters. The number of hydrogen-bond donors (Lipinski definition) is 2. The highest BCUT2D eigenvalue weighted by Crippen LogP contribution is 2.15. The average Bonchev–Trinajstić information content (AvgIpc) is 2.08. The van der Waals surface area contributed by atoms with Gasteiger partial charge in [0, 0.05) is 18.3 Å². The molecule has 0 unspecified atom stereocenters. The number of anilines is 1. The van der Waals surface area contributed by atoms with Crippen molar-refractivity contribution in [2.75, 3.05) is 12.4 Å². The highest BCUT2D eigenvalue weighted by atomic mass is 14.9. The molecule has 0 saturated carbocycles. The molecule has 1 aromatic rings. The molecule has 0 bridgehead atoms. The van der Waals surface area contributed by atoms with Crippen molar-refractivity contribution < 1.29 is 0 Å². The Labute approximate surface area is 80.4 Å². The van der Waals surface area contributed by atoms with E-state index in [2.05, 4.69) is 48.7 Å². The fourth-order valence-corrected chi connectivity index (χ4v) is 1.32. The van der Waals surface area contributed by atoms with Crippen molar-refractivity contribution in [2.24, 2.45) is 0 Å². The van der Waals surface area contributed by atoms with E-state index in [0.717, 1.165) is 6.54 Å². The van der Waals surface area contributed by atoms with Crippen LogP contribution in [0.4, 0.5) is 5.69 Å². The number of hydrogen-bond acceptors (Lipinski definition) is 2. The smallest absolute Gasteiger partial charge is 0.0387 e. The Morgan fingerprint density at radius 3 is 2.54 bits per heavy atom. The molecule has 2 N–H and O–H groups in total. The molecule has 0 aliphatic heterocycles. The van der Waals surface area contributed by atoms with Crippen LogP contribution in [-0.2, 0) is 6.54 Å². The lowest BCUT2D eigenvalue weighted by atomic mass is 10.1. The molecule has 0 amide bonds. The first-order valence-electron chi connectivity index (χ1n) is 4.73. The molecule has 72 valence electrons. The summed E-state index contributed by atoms with van der Waals surface area (Å²) >= 11 is 0. The van der Waals surface area contributed by atoms with Crippen LogP contribution in [0, 0.1) is 0 Å². The Morgan fingerprint density at radius 1 is 1.23 bits per heavy atom. The van der Waals surface area contributed by atoms with Crippen LogP contribution in [0.2, 0.25) is 0 Å². The predicted molar refractivity (Wildman–Crippen MR) is 58.0 cm³/mol. The highest BCUT2D eigenvalue weighted by Gasteiger charge is 2.00. The zero-order chi connectivity index (χ0) is 9.68. The van der Waals surface area contributed by atoms with Crippen LogP contribution < -0.4 is 10.6 Å². The maximum Gasteiger partial charge on any atom is 0.0387 e. The topological polar surface area (TPSA) is 24.1 Å². The first-order valence-corrected chi connectivity index (χ1v) is 4.73. The normalized spacial score (nSPS) is 10.5. The maximum atomic E-state index is 3.42. The van der Waals surface area contributed by atoms with Crippen LogP contribution in [0.5, 0.6) is 0 Å². The number of para-hydroxylation sites is 1. The minimum Gasteiger partial charge on any atom is -0.383 e. The van der Waals surface area contributed by atoms with Crippen LogP contribution in [-0.4, -0.2) is 13.1 Å². The van der Waals surface area contributed by atoms with Crippen LogP contribution in [0.3, 0.4) is 0 Å². The quantitative estimate of drug-likeness (QED) is 0.738. The van der Waals surface area contributed by atoms with Gasteiger partial charge in [0.15, 0.2) is 0 Å². The standard InChI is InChI=1S/C11H18N2/c1-9(2)13-11-7-5-4-6-10(11)8-12-3/h4-7,9,12-13H,8H2,1-3H3. The summed E-state index contributed by atoms with van der Waals surface area (Å²) in [4.78, 5) is 0. The molecule has 1 aromatic carbocycles. The molecule has 0 aliphatic rings. The van der Waals surface area contributed by atoms with Gasteiger partial charge in [0.05, 0.1) is 0 Å². The monoisotopic (exact) mass is 178 g/mol. The average molecular weight is 178 g/mol. The van der Waals surface area contributed by atoms with Gasteiger partial charge in [-0.1, -0.05) is 18.2 Å². The van der Waals surface area contributed by atoms with E-state index in [4.69, 9.17) is 0 Å². The first kappa shape index (κ1) is 10.1. The van der Waals surface area contributed by atoms with Crippen molar-refractivity contribution >= 4 is 5.69 Å². The van der Waals surface area contributed by atoms with Crippen molar-refractivity contribution in [1.82, 2.24) is 5.32 Å². The minimum absolute atomic E-state index is 0.484. The van der Waals surface area contributed by atoms with Gasteiger partial charge in [-0.3, -0.25) is 0 Å². The van der Waals surface area contributed by atoms with E-state index in [1.807, 2.05) is 7.05 Å². The molecule has 13 heavy (non-hydrogen) atoms. The minimum atomic E-state index is 0.484. The second-order valence-electron chi connectivity index (χ2n) is 3.49. The summed E-state index contributed by atoms with van der Waals surface area (Å²) in [5, 5.41) is 6.58. The first-order chi connectivity index (χ1) is 6.24. The zero-order valence-corrected chi connectivity index (χ0v) is 8.59. The summed E-state index contributed by atoms with van der Waals surface area (Å²) in [5.74, 6) is 0. The van der Waals surface area contributed by atoms with Gasteiger partial charge < -0.3 is 10.6 Å². The van der Waals surface area contributed by atoms with Crippen LogP contribution in [0.25, 0.3) is 0 Å². The zero-order valence-electron chi connectivity index (χ0n) is 8.59. The molecule has 0 spiro atoms. The van der Waals surface area contributed by atoms with Crippen LogP contribution >= 0.6 is 0 Å². The molecule has 2 heteroatoms. The lowest BCUT2D eigenvalue weighted by Crippen LogP contribution is -2.14. The van der Waals surface area contributed by atoms with Gasteiger partial charge >= 0.3 is 0 Å². The van der Waals surface area contributed by atoms with Crippen molar-refractivity contribution in [3.8, 4) is 0 Å². The molecular weight excluding hydrogens is 160 g/mol. The number of benzene rings is 1. The lowest BCUT2D eigenvalue weighted by molar-refractivity contribution is 0.811. The van der Waals surface area contributed by atoms with E-state index in [0.29, 0.717) is 6.04 Å². The van der Waals surface area contributed by atoms with E-state index >= 15 is 0 Å². The van der Waals surface area contributed by atoms with Crippen molar-refractivity contribution in [2.45, 2.75) is 26.4 Å². The Bertz CT molecular complexity index is 256. The van der Waals surface area contributed by atoms with Crippen LogP contribution in [0.15, 0.2) is 24.3 Å². The van der Waals surface area contributed by atoms with Gasteiger partial charge in [-0.05, 0) is 32.5 Å². The Hall–Kier alpha value is -1.02. The summed E-state index contributed by atoms with van der Waals surface area (Å²) in [5.41, 5.74) is 2.55. The maximum absolute atomic E-state index is 3.42. The highest BCUT2D eigenvalue weighted by molar-refractivity contribution is 5.51. The summed E-state index contributed by atoms with van der Waals surface area (Å²) in [7, 11) is 1.96. The third kappa shape index (κ3) is 3.07. The second kappa shape index (κ2) is 4.87. The summed E-state index contributed by atoms with van der Waals surface area (Å²) < 4.78 is 0. The molecular formula is C11H18N2. The largest absolute Gasteiger partial charge is 0.383 e. The Morgan fingerprint density at radius 2 is 1.92 bits per heavy atom. The lowest BCUT2D eigenvalue weighted by Gasteiger charge is -2.14. The van der Waals surface area contributed by atoms with E-state index in [9.17, 15) is 0 Å². The Kier molecular flexibility index (Phi) is 3.77. The van der Waals surface area contributed by atoms with E-state index < -0.39 is 0 Å². The number of rotatable bonds is 4. The van der Waals surface area contributed by atoms with Gasteiger partial charge in [0.1, 0.15) is 0 Å². The SMILES string of the molecule is CNCc1ccccc1NC(C)C. The third-order valence-electron chi connectivity index (χ3n) is 1.83. The van der Waals surface area contributed by atoms with E-state index in [1.165, 1.54) is 11.3 Å². The van der Waals surface area contributed by atoms with Gasteiger partial charge in [-0.15, -0.1) is 0 Å². The molecule has 0 aliphatic carbocycles. The van der Waals surface area contributed by atoms with Crippen molar-refractivity contribution in [1.29, 1.82) is 0 Å². The molecule has 0 radical (unpaired) electrons.